The first-order valence-electron chi connectivity index (χ1n) is 7.55. The molecule has 146 valence electrons. The number of hydrogen-bond donors (Lipinski definition) is 4. The van der Waals surface area contributed by atoms with Crippen molar-refractivity contribution in [2.45, 2.75) is 18.7 Å². The molecule has 0 radical (unpaired) electrons. The fraction of sp³-hybridized carbons (Fsp3) is 0.333. The number of alkyl halides is 2. The normalized spacial score (nSPS) is 14.4. The van der Waals surface area contributed by atoms with Crippen LogP contribution in [0.4, 0.5) is 14.6 Å². The lowest BCUT2D eigenvalue weighted by Gasteiger charge is -2.23. The van der Waals surface area contributed by atoms with E-state index in [0.717, 1.165) is 18.5 Å². The minimum absolute atomic E-state index is 0.0496. The third kappa shape index (κ3) is 5.26. The minimum atomic E-state index is -2.58. The summed E-state index contributed by atoms with van der Waals surface area (Å²) in [5, 5.41) is 29.1. The summed E-state index contributed by atoms with van der Waals surface area (Å²) in [5.74, 6) is -1.01. The molecule has 0 aliphatic heterocycles. The second-order valence-corrected chi connectivity index (χ2v) is 5.20. The molecule has 3 atom stereocenters. The molecule has 2 aromatic rings. The first kappa shape index (κ1) is 20.4. The summed E-state index contributed by atoms with van der Waals surface area (Å²) >= 11 is 0. The van der Waals surface area contributed by atoms with Crippen molar-refractivity contribution in [3.05, 3.63) is 46.8 Å². The van der Waals surface area contributed by atoms with E-state index in [9.17, 15) is 18.4 Å². The number of halogens is 2. The molecule has 0 aliphatic rings. The molecule has 2 heterocycles. The van der Waals surface area contributed by atoms with Gasteiger partial charge in [-0.3, -0.25) is 9.36 Å². The van der Waals surface area contributed by atoms with Crippen molar-refractivity contribution in [3.63, 3.8) is 0 Å². The average molecular weight is 386 g/mol. The van der Waals surface area contributed by atoms with E-state index < -0.39 is 43.6 Å². The van der Waals surface area contributed by atoms with Crippen molar-refractivity contribution in [2.75, 3.05) is 18.6 Å². The summed E-state index contributed by atoms with van der Waals surface area (Å²) in [7, 11) is 0. The molecule has 0 fully saturated rings. The number of carbonyl (C=O) groups excluding carboxylic acids is 1. The van der Waals surface area contributed by atoms with Crippen LogP contribution in [-0.2, 0) is 4.74 Å². The molecular formula is C15H16F2N4O6. The fourth-order valence-electron chi connectivity index (χ4n) is 1.98. The van der Waals surface area contributed by atoms with Gasteiger partial charge in [-0.1, -0.05) is 0 Å². The smallest absolute Gasteiger partial charge is 0.351 e. The van der Waals surface area contributed by atoms with Gasteiger partial charge in [0.2, 0.25) is 6.36 Å². The van der Waals surface area contributed by atoms with E-state index in [1.54, 1.807) is 0 Å². The van der Waals surface area contributed by atoms with Crippen LogP contribution >= 0.6 is 0 Å². The van der Waals surface area contributed by atoms with Crippen molar-refractivity contribution in [1.29, 1.82) is 0 Å². The van der Waals surface area contributed by atoms with Gasteiger partial charge in [0.25, 0.3) is 5.91 Å². The van der Waals surface area contributed by atoms with Crippen LogP contribution in [0.3, 0.4) is 0 Å². The maximum Gasteiger partial charge on any atom is 0.351 e. The van der Waals surface area contributed by atoms with E-state index in [1.807, 2.05) is 0 Å². The number of nitrogens with one attached hydrogen (secondary N) is 1. The zero-order valence-corrected chi connectivity index (χ0v) is 13.7. The predicted octanol–water partition coefficient (Wildman–Crippen LogP) is -0.270. The Bertz CT molecular complexity index is 830. The van der Waals surface area contributed by atoms with Gasteiger partial charge < -0.3 is 25.4 Å². The third-order valence-electron chi connectivity index (χ3n) is 3.31. The third-order valence-corrected chi connectivity index (χ3v) is 3.31. The van der Waals surface area contributed by atoms with Crippen LogP contribution in [-0.4, -0.2) is 61.5 Å². The highest BCUT2D eigenvalue weighted by atomic mass is 19.1. The number of aromatic nitrogens is 3. The maximum absolute atomic E-state index is 13.2. The van der Waals surface area contributed by atoms with Crippen molar-refractivity contribution in [2.24, 2.45) is 0 Å². The first-order valence-corrected chi connectivity index (χ1v) is 7.55. The van der Waals surface area contributed by atoms with Gasteiger partial charge in [0.1, 0.15) is 30.0 Å². The van der Waals surface area contributed by atoms with Crippen LogP contribution in [0.5, 0.6) is 5.75 Å². The number of ether oxygens (including phenoxy) is 1. The first-order chi connectivity index (χ1) is 12.8. The van der Waals surface area contributed by atoms with E-state index in [2.05, 4.69) is 15.3 Å². The van der Waals surface area contributed by atoms with Gasteiger partial charge in [-0.25, -0.2) is 18.6 Å². The number of hydrogen-bond acceptors (Lipinski definition) is 8. The van der Waals surface area contributed by atoms with Crippen molar-refractivity contribution in [1.82, 2.24) is 14.5 Å². The van der Waals surface area contributed by atoms with Crippen molar-refractivity contribution >= 4 is 11.7 Å². The summed E-state index contributed by atoms with van der Waals surface area (Å²) in [4.78, 5) is 31.2. The number of rotatable bonds is 8. The molecule has 12 heteroatoms. The number of pyridine rings is 1. The van der Waals surface area contributed by atoms with E-state index >= 15 is 0 Å². The van der Waals surface area contributed by atoms with Gasteiger partial charge in [-0.15, -0.1) is 0 Å². The number of aliphatic hydroxyl groups is 2. The van der Waals surface area contributed by atoms with Crippen LogP contribution in [0, 0.1) is 0 Å². The van der Waals surface area contributed by atoms with Crippen LogP contribution in [0.1, 0.15) is 16.7 Å². The van der Waals surface area contributed by atoms with Gasteiger partial charge in [-0.05, 0) is 18.2 Å². The van der Waals surface area contributed by atoms with E-state index in [0.29, 0.717) is 4.57 Å². The second kappa shape index (κ2) is 9.12. The Balaban J connectivity index is 2.15. The number of nitrogens with zero attached hydrogens (tertiary/aromatic N) is 3. The molecule has 4 N–H and O–H groups in total. The summed E-state index contributed by atoms with van der Waals surface area (Å²) in [6.07, 6.45) is -3.88. The highest BCUT2D eigenvalue weighted by molar-refractivity contribution is 6.02. The van der Waals surface area contributed by atoms with Gasteiger partial charge >= 0.3 is 5.69 Å². The summed E-state index contributed by atoms with van der Waals surface area (Å²) in [6.45, 7) is -2.21. The van der Waals surface area contributed by atoms with Crippen molar-refractivity contribution in [3.8, 4) is 5.75 Å². The molecule has 27 heavy (non-hydrogen) atoms. The quantitative estimate of drug-likeness (QED) is 0.485. The monoisotopic (exact) mass is 386 g/mol. The molecule has 0 unspecified atom stereocenters. The van der Waals surface area contributed by atoms with Crippen LogP contribution < -0.4 is 11.0 Å². The standard InChI is InChI=1S/C15H16F2N4O6/c16-5-12(27-10(7-22)13(17)24)21-4-3-11(20-15(21)26)19-14(25)9-2-1-8(23)6-18-9/h1-4,6,10,12-13,22-24H,5,7H2,(H,19,20,25,26)/t10-,12-,13-/m1/s1. The Morgan fingerprint density at radius 1 is 1.37 bits per heavy atom. The van der Waals surface area contributed by atoms with Gasteiger partial charge in [0.15, 0.2) is 6.23 Å². The lowest BCUT2D eigenvalue weighted by molar-refractivity contribution is -0.165. The molecule has 2 rings (SSSR count). The Labute approximate surface area is 150 Å². The molecule has 0 spiro atoms. The number of carbonyl (C=O) groups is 1. The van der Waals surface area contributed by atoms with Crippen LogP contribution in [0.2, 0.25) is 0 Å². The Kier molecular flexibility index (Phi) is 6.87. The topological polar surface area (TPSA) is 147 Å². The lowest BCUT2D eigenvalue weighted by Crippen LogP contribution is -2.37. The molecule has 0 aromatic carbocycles. The van der Waals surface area contributed by atoms with E-state index in [1.165, 1.54) is 12.1 Å². The van der Waals surface area contributed by atoms with Crippen LogP contribution in [0.25, 0.3) is 0 Å². The zero-order valence-electron chi connectivity index (χ0n) is 13.7. The molecule has 0 bridgehead atoms. The Morgan fingerprint density at radius 2 is 2.11 bits per heavy atom. The molecule has 2 aromatic heterocycles. The predicted molar refractivity (Wildman–Crippen MR) is 86.4 cm³/mol. The molecular weight excluding hydrogens is 370 g/mol. The minimum Gasteiger partial charge on any atom is -0.506 e. The largest absolute Gasteiger partial charge is 0.506 e. The number of amides is 1. The van der Waals surface area contributed by atoms with Crippen LogP contribution in [0.15, 0.2) is 35.4 Å². The Hall–Kier alpha value is -2.96. The highest BCUT2D eigenvalue weighted by Crippen LogP contribution is 2.14. The Morgan fingerprint density at radius 3 is 2.63 bits per heavy atom. The summed E-state index contributed by atoms with van der Waals surface area (Å²) in [6, 6.07) is 3.65. The van der Waals surface area contributed by atoms with Crippen molar-refractivity contribution < 1.29 is 33.6 Å². The summed E-state index contributed by atoms with van der Waals surface area (Å²) in [5.41, 5.74) is -1.08. The molecule has 0 aliphatic carbocycles. The molecule has 0 saturated heterocycles. The maximum atomic E-state index is 13.2. The highest BCUT2D eigenvalue weighted by Gasteiger charge is 2.25. The summed E-state index contributed by atoms with van der Waals surface area (Å²) < 4.78 is 31.5. The number of aromatic hydroxyl groups is 1. The van der Waals surface area contributed by atoms with Gasteiger partial charge in [0, 0.05) is 6.20 Å². The second-order valence-electron chi connectivity index (χ2n) is 5.20. The average Bonchev–Trinajstić information content (AvgIpc) is 2.64. The zero-order chi connectivity index (χ0) is 20.0. The van der Waals surface area contributed by atoms with Gasteiger partial charge in [-0.2, -0.15) is 4.98 Å². The molecule has 10 nitrogen and oxygen atoms in total. The molecule has 0 saturated carbocycles. The number of anilines is 1. The van der Waals surface area contributed by atoms with E-state index in [-0.39, 0.29) is 17.3 Å². The SMILES string of the molecule is O=C(Nc1ccn([C@@H](CF)O[C@H](CO)[C@@H](O)F)c(=O)n1)c1ccc(O)cn1. The fourth-order valence-corrected chi connectivity index (χ4v) is 1.98. The number of aliphatic hydroxyl groups excluding tert-OH is 2. The van der Waals surface area contributed by atoms with Gasteiger partial charge in [0.05, 0.1) is 12.8 Å². The molecule has 1 amide bonds. The van der Waals surface area contributed by atoms with E-state index in [4.69, 9.17) is 20.1 Å². The lowest BCUT2D eigenvalue weighted by atomic mass is 10.3.